The predicted molar refractivity (Wildman–Crippen MR) is 148 cm³/mol. The largest absolute Gasteiger partial charge is 0.497 e. The summed E-state index contributed by atoms with van der Waals surface area (Å²) < 4.78 is 17.9. The summed E-state index contributed by atoms with van der Waals surface area (Å²) in [5.74, 6) is 0.729. The van der Waals surface area contributed by atoms with Crippen molar-refractivity contribution < 1.29 is 23.8 Å². The van der Waals surface area contributed by atoms with Crippen molar-refractivity contribution in [2.75, 3.05) is 26.2 Å². The van der Waals surface area contributed by atoms with Crippen LogP contribution >= 0.6 is 0 Å². The van der Waals surface area contributed by atoms with E-state index in [1.54, 1.807) is 49.6 Å². The van der Waals surface area contributed by atoms with Crippen LogP contribution in [0.2, 0.25) is 0 Å². The van der Waals surface area contributed by atoms with Crippen molar-refractivity contribution >= 4 is 28.5 Å². The third-order valence-corrected chi connectivity index (χ3v) is 6.03. The molecule has 0 fully saturated rings. The number of carbonyl (C=O) groups excluding carboxylic acids is 2. The van der Waals surface area contributed by atoms with Gasteiger partial charge in [-0.3, -0.25) is 14.5 Å². The molecule has 0 saturated heterocycles. The molecule has 1 aromatic heterocycles. The average Bonchev–Trinajstić information content (AvgIpc) is 3.32. The standard InChI is InChI=1S/C29H33N5O5/c1-29(2,3)30-28(36)27(19-10-9-11-21(16-19)37-4)34(20-14-15-24(38-5)25(17-20)39-6)26(35)18-33-23-13-8-7-12-22(23)31-32-33/h7-17,27H,18H2,1-6H3,(H,30,36)/t27-/m1/s1. The number of nitrogens with zero attached hydrogens (tertiary/aromatic N) is 4. The fraction of sp³-hybridized carbons (Fsp3) is 0.310. The summed E-state index contributed by atoms with van der Waals surface area (Å²) in [6.07, 6.45) is 0. The van der Waals surface area contributed by atoms with Gasteiger partial charge in [0.1, 0.15) is 23.9 Å². The van der Waals surface area contributed by atoms with Crippen molar-refractivity contribution in [3.8, 4) is 17.2 Å². The predicted octanol–water partition coefficient (Wildman–Crippen LogP) is 4.15. The van der Waals surface area contributed by atoms with Gasteiger partial charge < -0.3 is 19.5 Å². The zero-order chi connectivity index (χ0) is 28.2. The lowest BCUT2D eigenvalue weighted by Crippen LogP contribution is -2.50. The third kappa shape index (κ3) is 6.11. The Morgan fingerprint density at radius 3 is 2.36 bits per heavy atom. The molecular weight excluding hydrogens is 498 g/mol. The van der Waals surface area contributed by atoms with Crippen LogP contribution < -0.4 is 24.4 Å². The van der Waals surface area contributed by atoms with Crippen molar-refractivity contribution in [1.29, 1.82) is 0 Å². The third-order valence-electron chi connectivity index (χ3n) is 6.03. The first-order valence-corrected chi connectivity index (χ1v) is 12.4. The summed E-state index contributed by atoms with van der Waals surface area (Å²) >= 11 is 0. The second-order valence-corrected chi connectivity index (χ2v) is 9.96. The molecule has 1 atom stereocenters. The molecule has 204 valence electrons. The molecular formula is C29H33N5O5. The Bertz CT molecular complexity index is 1480. The first kappa shape index (κ1) is 27.4. The monoisotopic (exact) mass is 531 g/mol. The summed E-state index contributed by atoms with van der Waals surface area (Å²) in [6, 6.07) is 18.5. The molecule has 10 heteroatoms. The van der Waals surface area contributed by atoms with Gasteiger partial charge in [0, 0.05) is 17.3 Å². The molecule has 0 saturated carbocycles. The summed E-state index contributed by atoms with van der Waals surface area (Å²) in [6.45, 7) is 5.51. The molecule has 2 amide bonds. The van der Waals surface area contributed by atoms with E-state index in [-0.39, 0.29) is 18.4 Å². The molecule has 1 N–H and O–H groups in total. The SMILES string of the molecule is COc1cccc([C@H](C(=O)NC(C)(C)C)N(C(=O)Cn2nnc3ccccc32)c2ccc(OC)c(OC)c2)c1. The number of methoxy groups -OCH3 is 3. The maximum Gasteiger partial charge on any atom is 0.249 e. The Morgan fingerprint density at radius 1 is 0.923 bits per heavy atom. The number of amides is 2. The summed E-state index contributed by atoms with van der Waals surface area (Å²) in [5.41, 5.74) is 1.83. The minimum atomic E-state index is -1.04. The second kappa shape index (κ2) is 11.4. The normalized spacial score (nSPS) is 12.1. The summed E-state index contributed by atoms with van der Waals surface area (Å²) in [7, 11) is 4.60. The molecule has 0 aliphatic carbocycles. The first-order valence-electron chi connectivity index (χ1n) is 12.4. The number of carbonyl (C=O) groups is 2. The van der Waals surface area contributed by atoms with E-state index < -0.39 is 11.6 Å². The van der Waals surface area contributed by atoms with Gasteiger partial charge in [-0.1, -0.05) is 29.5 Å². The molecule has 0 unspecified atom stereocenters. The lowest BCUT2D eigenvalue weighted by atomic mass is 10.00. The van der Waals surface area contributed by atoms with Gasteiger partial charge in [-0.15, -0.1) is 5.10 Å². The average molecular weight is 532 g/mol. The lowest BCUT2D eigenvalue weighted by Gasteiger charge is -2.34. The Labute approximate surface area is 227 Å². The lowest BCUT2D eigenvalue weighted by molar-refractivity contribution is -0.128. The number of hydrogen-bond acceptors (Lipinski definition) is 7. The van der Waals surface area contributed by atoms with Crippen LogP contribution in [0.4, 0.5) is 5.69 Å². The molecule has 39 heavy (non-hydrogen) atoms. The van der Waals surface area contributed by atoms with Gasteiger partial charge in [-0.25, -0.2) is 4.68 Å². The molecule has 0 aliphatic rings. The van der Waals surface area contributed by atoms with Crippen molar-refractivity contribution in [2.24, 2.45) is 0 Å². The molecule has 0 spiro atoms. The summed E-state index contributed by atoms with van der Waals surface area (Å²) in [5, 5.41) is 11.4. The molecule has 1 heterocycles. The van der Waals surface area contributed by atoms with Crippen LogP contribution in [0.3, 0.4) is 0 Å². The maximum absolute atomic E-state index is 14.2. The Kier molecular flexibility index (Phi) is 8.04. The van der Waals surface area contributed by atoms with Gasteiger partial charge in [-0.2, -0.15) is 0 Å². The van der Waals surface area contributed by atoms with E-state index in [2.05, 4.69) is 15.6 Å². The fourth-order valence-corrected chi connectivity index (χ4v) is 4.32. The highest BCUT2D eigenvalue weighted by atomic mass is 16.5. The van der Waals surface area contributed by atoms with E-state index in [0.717, 1.165) is 0 Å². The Hall–Kier alpha value is -4.60. The van der Waals surface area contributed by atoms with Gasteiger partial charge in [0.05, 0.1) is 26.8 Å². The fourth-order valence-electron chi connectivity index (χ4n) is 4.32. The van der Waals surface area contributed by atoms with Crippen LogP contribution in [0, 0.1) is 0 Å². The van der Waals surface area contributed by atoms with E-state index in [4.69, 9.17) is 14.2 Å². The number of hydrogen-bond donors (Lipinski definition) is 1. The highest BCUT2D eigenvalue weighted by Crippen LogP contribution is 2.36. The van der Waals surface area contributed by atoms with E-state index in [0.29, 0.717) is 39.5 Å². The van der Waals surface area contributed by atoms with Crippen molar-refractivity contribution in [3.63, 3.8) is 0 Å². The maximum atomic E-state index is 14.2. The summed E-state index contributed by atoms with van der Waals surface area (Å²) in [4.78, 5) is 29.6. The zero-order valence-electron chi connectivity index (χ0n) is 23.0. The van der Waals surface area contributed by atoms with E-state index in [1.165, 1.54) is 23.8 Å². The van der Waals surface area contributed by atoms with Gasteiger partial charge in [0.15, 0.2) is 11.5 Å². The van der Waals surface area contributed by atoms with E-state index in [1.807, 2.05) is 45.0 Å². The number of anilines is 1. The number of ether oxygens (including phenoxy) is 3. The molecule has 0 radical (unpaired) electrons. The number of para-hydroxylation sites is 1. The van der Waals surface area contributed by atoms with Crippen LogP contribution in [0.1, 0.15) is 32.4 Å². The van der Waals surface area contributed by atoms with E-state index in [9.17, 15) is 9.59 Å². The minimum Gasteiger partial charge on any atom is -0.497 e. The Balaban J connectivity index is 1.88. The number of aromatic nitrogens is 3. The highest BCUT2D eigenvalue weighted by Gasteiger charge is 2.35. The van der Waals surface area contributed by atoms with Crippen molar-refractivity contribution in [3.05, 3.63) is 72.3 Å². The molecule has 3 aromatic carbocycles. The number of benzene rings is 3. The second-order valence-electron chi connectivity index (χ2n) is 9.96. The van der Waals surface area contributed by atoms with Gasteiger partial charge in [-0.05, 0) is 62.7 Å². The van der Waals surface area contributed by atoms with Gasteiger partial charge >= 0.3 is 0 Å². The molecule has 4 rings (SSSR count). The number of fused-ring (bicyclic) bond motifs is 1. The van der Waals surface area contributed by atoms with Crippen LogP contribution in [-0.4, -0.2) is 53.7 Å². The number of rotatable bonds is 9. The quantitative estimate of drug-likeness (QED) is 0.346. The minimum absolute atomic E-state index is 0.155. The van der Waals surface area contributed by atoms with Gasteiger partial charge in [0.2, 0.25) is 11.8 Å². The van der Waals surface area contributed by atoms with Crippen LogP contribution in [0.5, 0.6) is 17.2 Å². The van der Waals surface area contributed by atoms with Gasteiger partial charge in [0.25, 0.3) is 0 Å². The first-order chi connectivity index (χ1) is 18.6. The van der Waals surface area contributed by atoms with E-state index >= 15 is 0 Å². The van der Waals surface area contributed by atoms with Crippen molar-refractivity contribution in [2.45, 2.75) is 38.9 Å². The molecule has 10 nitrogen and oxygen atoms in total. The van der Waals surface area contributed by atoms with Crippen LogP contribution in [-0.2, 0) is 16.1 Å². The topological polar surface area (TPSA) is 108 Å². The van der Waals surface area contributed by atoms with Crippen LogP contribution in [0.25, 0.3) is 11.0 Å². The molecule has 4 aromatic rings. The smallest absolute Gasteiger partial charge is 0.249 e. The molecule has 0 bridgehead atoms. The number of nitrogens with one attached hydrogen (secondary N) is 1. The Morgan fingerprint density at radius 2 is 1.67 bits per heavy atom. The van der Waals surface area contributed by atoms with Crippen LogP contribution in [0.15, 0.2) is 66.7 Å². The van der Waals surface area contributed by atoms with Crippen molar-refractivity contribution in [1.82, 2.24) is 20.3 Å². The molecule has 0 aliphatic heterocycles. The zero-order valence-corrected chi connectivity index (χ0v) is 23.0. The highest BCUT2D eigenvalue weighted by molar-refractivity contribution is 6.02.